The number of nitrogens with zero attached hydrogens (tertiary/aromatic N) is 4. The molecule has 2 heterocycles. The Labute approximate surface area is 128 Å². The van der Waals surface area contributed by atoms with Crippen LogP contribution in [0.5, 0.6) is 0 Å². The lowest BCUT2D eigenvalue weighted by molar-refractivity contribution is 0.682. The second kappa shape index (κ2) is 4.70. The highest BCUT2D eigenvalue weighted by Crippen LogP contribution is 2.25. The molecule has 0 amide bonds. The fourth-order valence-electron chi connectivity index (χ4n) is 2.48. The number of fused-ring (bicyclic) bond motifs is 1. The molecule has 3 aromatic rings. The van der Waals surface area contributed by atoms with Crippen LogP contribution in [-0.2, 0) is 21.1 Å². The molecule has 0 aliphatic carbocycles. The summed E-state index contributed by atoms with van der Waals surface area (Å²) in [6, 6.07) is 7.55. The summed E-state index contributed by atoms with van der Waals surface area (Å²) >= 11 is 3.38. The van der Waals surface area contributed by atoms with E-state index < -0.39 is 0 Å². The Balaban J connectivity index is 2.49. The van der Waals surface area contributed by atoms with E-state index in [1.165, 1.54) is 11.6 Å². The molecule has 7 heteroatoms. The van der Waals surface area contributed by atoms with Gasteiger partial charge in [0.05, 0.1) is 0 Å². The summed E-state index contributed by atoms with van der Waals surface area (Å²) in [5.41, 5.74) is 1.23. The Morgan fingerprint density at radius 3 is 2.24 bits per heavy atom. The van der Waals surface area contributed by atoms with Crippen molar-refractivity contribution in [2.45, 2.75) is 0 Å². The van der Waals surface area contributed by atoms with Gasteiger partial charge in [-0.3, -0.25) is 18.6 Å². The molecule has 0 saturated heterocycles. The molecule has 0 unspecified atom stereocenters. The quantitative estimate of drug-likeness (QED) is 0.667. The van der Waals surface area contributed by atoms with Crippen LogP contribution in [-0.4, -0.2) is 18.9 Å². The van der Waals surface area contributed by atoms with Crippen LogP contribution in [0, 0.1) is 0 Å². The van der Waals surface area contributed by atoms with E-state index in [1.54, 1.807) is 18.8 Å². The number of aromatic nitrogens is 4. The molecule has 108 valence electrons. The third kappa shape index (κ3) is 1.96. The molecule has 0 aliphatic heterocycles. The molecule has 2 aromatic heterocycles. The summed E-state index contributed by atoms with van der Waals surface area (Å²) in [6.45, 7) is 0. The molecule has 3 rings (SSSR count). The van der Waals surface area contributed by atoms with E-state index >= 15 is 0 Å². The zero-order chi connectivity index (χ0) is 15.3. The fraction of sp³-hybridized carbons (Fsp3) is 0.214. The van der Waals surface area contributed by atoms with Gasteiger partial charge in [0.1, 0.15) is 16.7 Å². The third-order valence-electron chi connectivity index (χ3n) is 3.54. The molecule has 0 N–H and O–H groups in total. The lowest BCUT2D eigenvalue weighted by Crippen LogP contribution is -2.37. The van der Waals surface area contributed by atoms with Crippen LogP contribution < -0.4 is 11.2 Å². The lowest BCUT2D eigenvalue weighted by Gasteiger charge is -2.05. The van der Waals surface area contributed by atoms with Crippen molar-refractivity contribution in [1.29, 1.82) is 0 Å². The summed E-state index contributed by atoms with van der Waals surface area (Å²) in [6.07, 6.45) is 0. The van der Waals surface area contributed by atoms with E-state index in [4.69, 9.17) is 0 Å². The van der Waals surface area contributed by atoms with Crippen LogP contribution in [0.1, 0.15) is 0 Å². The number of halogens is 1. The average molecular weight is 349 g/mol. The predicted octanol–water partition coefficient (Wildman–Crippen LogP) is 1.40. The molecule has 0 fully saturated rings. The van der Waals surface area contributed by atoms with Gasteiger partial charge in [-0.2, -0.15) is 5.10 Å². The summed E-state index contributed by atoms with van der Waals surface area (Å²) in [5, 5.41) is 4.87. The number of hydrogen-bond donors (Lipinski definition) is 0. The Hall–Kier alpha value is -2.15. The van der Waals surface area contributed by atoms with Gasteiger partial charge in [-0.1, -0.05) is 28.1 Å². The van der Waals surface area contributed by atoms with E-state index in [2.05, 4.69) is 21.0 Å². The van der Waals surface area contributed by atoms with Crippen molar-refractivity contribution >= 4 is 27.0 Å². The van der Waals surface area contributed by atoms with Gasteiger partial charge in [0.15, 0.2) is 0 Å². The maximum Gasteiger partial charge on any atom is 0.332 e. The lowest BCUT2D eigenvalue weighted by atomic mass is 10.1. The van der Waals surface area contributed by atoms with E-state index in [0.29, 0.717) is 16.7 Å². The van der Waals surface area contributed by atoms with E-state index in [1.807, 2.05) is 24.3 Å². The molecule has 0 spiro atoms. The smallest absolute Gasteiger partial charge is 0.281 e. The average Bonchev–Trinajstić information content (AvgIpc) is 2.81. The predicted molar refractivity (Wildman–Crippen MR) is 84.3 cm³/mol. The van der Waals surface area contributed by atoms with Gasteiger partial charge in [-0.15, -0.1) is 0 Å². The van der Waals surface area contributed by atoms with Crippen LogP contribution in [0.2, 0.25) is 0 Å². The topological polar surface area (TPSA) is 61.8 Å². The maximum atomic E-state index is 12.5. The van der Waals surface area contributed by atoms with Gasteiger partial charge in [-0.25, -0.2) is 4.79 Å². The van der Waals surface area contributed by atoms with Crippen molar-refractivity contribution in [3.8, 4) is 11.3 Å². The SMILES string of the molecule is Cn1c(=O)c2c(-c3ccc(Br)cc3)nn(C)c2n(C)c1=O. The molecular weight excluding hydrogens is 336 g/mol. The van der Waals surface area contributed by atoms with E-state index in [0.717, 1.165) is 14.6 Å². The molecule has 0 bridgehead atoms. The van der Waals surface area contributed by atoms with Crippen LogP contribution >= 0.6 is 15.9 Å². The molecule has 6 nitrogen and oxygen atoms in total. The van der Waals surface area contributed by atoms with Gasteiger partial charge in [0.2, 0.25) is 0 Å². The second-order valence-corrected chi connectivity index (χ2v) is 5.80. The molecule has 1 aromatic carbocycles. The van der Waals surface area contributed by atoms with Crippen LogP contribution in [0.3, 0.4) is 0 Å². The van der Waals surface area contributed by atoms with Crippen molar-refractivity contribution in [3.63, 3.8) is 0 Å². The largest absolute Gasteiger partial charge is 0.332 e. The first-order valence-electron chi connectivity index (χ1n) is 6.30. The van der Waals surface area contributed by atoms with Gasteiger partial charge >= 0.3 is 5.69 Å². The zero-order valence-electron chi connectivity index (χ0n) is 11.8. The fourth-order valence-corrected chi connectivity index (χ4v) is 2.74. The maximum absolute atomic E-state index is 12.5. The van der Waals surface area contributed by atoms with Gasteiger partial charge in [0, 0.05) is 31.2 Å². The minimum atomic E-state index is -0.363. The summed E-state index contributed by atoms with van der Waals surface area (Å²) in [7, 11) is 4.84. The van der Waals surface area contributed by atoms with Gasteiger partial charge in [0.25, 0.3) is 5.56 Å². The molecule has 0 aliphatic rings. The van der Waals surface area contributed by atoms with Gasteiger partial charge < -0.3 is 0 Å². The number of rotatable bonds is 1. The van der Waals surface area contributed by atoms with Gasteiger partial charge in [-0.05, 0) is 12.1 Å². The Kier molecular flexibility index (Phi) is 3.09. The zero-order valence-corrected chi connectivity index (χ0v) is 13.4. The van der Waals surface area contributed by atoms with Crippen LogP contribution in [0.4, 0.5) is 0 Å². The summed E-state index contributed by atoms with van der Waals surface area (Å²) in [5.74, 6) is 0. The summed E-state index contributed by atoms with van der Waals surface area (Å²) < 4.78 is 5.06. The van der Waals surface area contributed by atoms with Crippen LogP contribution in [0.15, 0.2) is 38.3 Å². The first kappa shape index (κ1) is 13.8. The van der Waals surface area contributed by atoms with Crippen molar-refractivity contribution in [1.82, 2.24) is 18.9 Å². The number of aryl methyl sites for hydroxylation is 2. The molecule has 0 radical (unpaired) electrons. The molecule has 0 saturated carbocycles. The number of benzene rings is 1. The number of hydrogen-bond acceptors (Lipinski definition) is 3. The normalized spacial score (nSPS) is 11.2. The van der Waals surface area contributed by atoms with E-state index in [-0.39, 0.29) is 11.2 Å². The van der Waals surface area contributed by atoms with Crippen molar-refractivity contribution in [3.05, 3.63) is 49.6 Å². The standard InChI is InChI=1S/C14H13BrN4O2/c1-17-12-10(13(20)18(2)14(17)21)11(16-19(12)3)8-4-6-9(15)7-5-8/h4-7H,1-3H3. The van der Waals surface area contributed by atoms with Crippen molar-refractivity contribution < 1.29 is 0 Å². The Morgan fingerprint density at radius 1 is 1.00 bits per heavy atom. The first-order valence-corrected chi connectivity index (χ1v) is 7.09. The van der Waals surface area contributed by atoms with Crippen LogP contribution in [0.25, 0.3) is 22.3 Å². The minimum absolute atomic E-state index is 0.334. The molecule has 21 heavy (non-hydrogen) atoms. The second-order valence-electron chi connectivity index (χ2n) is 4.88. The third-order valence-corrected chi connectivity index (χ3v) is 4.07. The minimum Gasteiger partial charge on any atom is -0.281 e. The monoisotopic (exact) mass is 348 g/mol. The highest BCUT2D eigenvalue weighted by atomic mass is 79.9. The molecule has 0 atom stereocenters. The Morgan fingerprint density at radius 2 is 1.62 bits per heavy atom. The highest BCUT2D eigenvalue weighted by Gasteiger charge is 2.19. The molecular formula is C14H13BrN4O2. The first-order chi connectivity index (χ1) is 9.91. The van der Waals surface area contributed by atoms with Crippen molar-refractivity contribution in [2.75, 3.05) is 0 Å². The van der Waals surface area contributed by atoms with Crippen molar-refractivity contribution in [2.24, 2.45) is 21.1 Å². The highest BCUT2D eigenvalue weighted by molar-refractivity contribution is 9.10. The Bertz CT molecular complexity index is 964. The summed E-state index contributed by atoms with van der Waals surface area (Å²) in [4.78, 5) is 24.5. The van der Waals surface area contributed by atoms with E-state index in [9.17, 15) is 9.59 Å².